The third-order valence-electron chi connectivity index (χ3n) is 4.57. The minimum atomic E-state index is -3.37. The largest absolute Gasteiger partial charge is 0.379 e. The molecule has 0 aromatic heterocycles. The van der Waals surface area contributed by atoms with E-state index in [1.54, 1.807) is 0 Å². The van der Waals surface area contributed by atoms with Crippen molar-refractivity contribution in [2.24, 2.45) is 10.7 Å². The highest BCUT2D eigenvalue weighted by molar-refractivity contribution is 7.88. The Balaban J connectivity index is 1.69. The Morgan fingerprint density at radius 1 is 1.00 bits per heavy atom. The summed E-state index contributed by atoms with van der Waals surface area (Å²) < 4.78 is 37.4. The van der Waals surface area contributed by atoms with Gasteiger partial charge in [0, 0.05) is 26.2 Å². The molecule has 2 saturated heterocycles. The number of guanidine groups is 1. The Morgan fingerprint density at radius 3 is 2.23 bits per heavy atom. The van der Waals surface area contributed by atoms with Gasteiger partial charge < -0.3 is 20.1 Å². The van der Waals surface area contributed by atoms with Crippen molar-refractivity contribution in [1.29, 1.82) is 0 Å². The number of sulfonamides is 1. The van der Waals surface area contributed by atoms with Crippen LogP contribution in [0.2, 0.25) is 0 Å². The van der Waals surface area contributed by atoms with Gasteiger partial charge in [0.2, 0.25) is 10.0 Å². The van der Waals surface area contributed by atoms with Gasteiger partial charge in [-0.3, -0.25) is 0 Å². The molecule has 144 valence electrons. The van der Waals surface area contributed by atoms with E-state index in [1.807, 2.05) is 29.2 Å². The number of benzene rings is 1. The fourth-order valence-electron chi connectivity index (χ4n) is 3.02. The van der Waals surface area contributed by atoms with Crippen LogP contribution in [0, 0.1) is 0 Å². The smallest absolute Gasteiger partial charge is 0.218 e. The van der Waals surface area contributed by atoms with Gasteiger partial charge in [-0.05, 0) is 11.1 Å². The molecule has 2 aliphatic heterocycles. The molecule has 0 atom stereocenters. The van der Waals surface area contributed by atoms with Crippen LogP contribution in [-0.4, -0.2) is 76.2 Å². The van der Waals surface area contributed by atoms with Gasteiger partial charge in [-0.25, -0.2) is 13.4 Å². The lowest BCUT2D eigenvalue weighted by Gasteiger charge is -2.27. The predicted octanol–water partition coefficient (Wildman–Crippen LogP) is -0.00450. The number of ether oxygens (including phenoxy) is 2. The summed E-state index contributed by atoms with van der Waals surface area (Å²) in [7, 11) is -3.37. The zero-order chi connectivity index (χ0) is 18.4. The fourth-order valence-corrected chi connectivity index (χ4v) is 4.59. The highest BCUT2D eigenvalue weighted by Gasteiger charge is 2.25. The molecule has 0 saturated carbocycles. The van der Waals surface area contributed by atoms with Crippen molar-refractivity contribution in [3.05, 3.63) is 35.4 Å². The van der Waals surface area contributed by atoms with Crippen molar-refractivity contribution in [2.75, 3.05) is 52.6 Å². The second-order valence-corrected chi connectivity index (χ2v) is 8.28. The van der Waals surface area contributed by atoms with Crippen LogP contribution in [0.3, 0.4) is 0 Å². The first-order valence-corrected chi connectivity index (χ1v) is 10.4. The number of hydrogen-bond acceptors (Lipinski definition) is 5. The van der Waals surface area contributed by atoms with E-state index < -0.39 is 10.0 Å². The molecule has 2 N–H and O–H groups in total. The van der Waals surface area contributed by atoms with Crippen LogP contribution in [0.5, 0.6) is 0 Å². The summed E-state index contributed by atoms with van der Waals surface area (Å²) in [5, 5.41) is 0. The second kappa shape index (κ2) is 8.81. The Bertz CT molecular complexity index is 726. The Labute approximate surface area is 154 Å². The SMILES string of the molecule is NC(=NCc1ccccc1CS(=O)(=O)N1CCOCC1)N1CCOCC1. The molecular weight excluding hydrogens is 356 g/mol. The molecule has 0 spiro atoms. The van der Waals surface area contributed by atoms with Gasteiger partial charge in [-0.2, -0.15) is 4.31 Å². The van der Waals surface area contributed by atoms with E-state index in [4.69, 9.17) is 15.2 Å². The molecule has 0 radical (unpaired) electrons. The molecule has 2 fully saturated rings. The van der Waals surface area contributed by atoms with Gasteiger partial charge in [-0.1, -0.05) is 24.3 Å². The van der Waals surface area contributed by atoms with Gasteiger partial charge >= 0.3 is 0 Å². The quantitative estimate of drug-likeness (QED) is 0.568. The summed E-state index contributed by atoms with van der Waals surface area (Å²) in [6, 6.07) is 7.48. The number of morpholine rings is 2. The molecular formula is C17H26N4O4S. The van der Waals surface area contributed by atoms with Crippen molar-refractivity contribution in [3.63, 3.8) is 0 Å². The average molecular weight is 382 g/mol. The van der Waals surface area contributed by atoms with Crippen molar-refractivity contribution in [1.82, 2.24) is 9.21 Å². The Hall–Kier alpha value is -1.68. The monoisotopic (exact) mass is 382 g/mol. The van der Waals surface area contributed by atoms with E-state index in [1.165, 1.54) is 4.31 Å². The molecule has 2 heterocycles. The van der Waals surface area contributed by atoms with E-state index >= 15 is 0 Å². The van der Waals surface area contributed by atoms with Crippen LogP contribution >= 0.6 is 0 Å². The van der Waals surface area contributed by atoms with Crippen molar-refractivity contribution in [2.45, 2.75) is 12.3 Å². The molecule has 9 heteroatoms. The standard InChI is InChI=1S/C17H26N4O4S/c18-17(20-5-9-24-10-6-20)19-13-15-3-1-2-4-16(15)14-26(22,23)21-7-11-25-12-8-21/h1-4H,5-14H2,(H2,18,19). The third-order valence-corrected chi connectivity index (χ3v) is 6.39. The molecule has 2 aliphatic rings. The second-order valence-electron chi connectivity index (χ2n) is 6.31. The maximum Gasteiger partial charge on any atom is 0.218 e. The van der Waals surface area contributed by atoms with Crippen LogP contribution in [0.1, 0.15) is 11.1 Å². The molecule has 26 heavy (non-hydrogen) atoms. The topological polar surface area (TPSA) is 97.5 Å². The average Bonchev–Trinajstić information content (AvgIpc) is 2.68. The lowest BCUT2D eigenvalue weighted by atomic mass is 10.1. The molecule has 0 amide bonds. The zero-order valence-corrected chi connectivity index (χ0v) is 15.7. The minimum Gasteiger partial charge on any atom is -0.379 e. The highest BCUT2D eigenvalue weighted by atomic mass is 32.2. The molecule has 8 nitrogen and oxygen atoms in total. The van der Waals surface area contributed by atoms with Crippen LogP contribution in [-0.2, 0) is 31.8 Å². The normalized spacial score (nSPS) is 20.3. The molecule has 0 unspecified atom stereocenters. The van der Waals surface area contributed by atoms with Crippen LogP contribution < -0.4 is 5.73 Å². The van der Waals surface area contributed by atoms with Gasteiger partial charge in [0.05, 0.1) is 38.7 Å². The molecule has 1 aromatic rings. The molecule has 0 aliphatic carbocycles. The first kappa shape index (κ1) is 19.1. The van der Waals surface area contributed by atoms with E-state index in [9.17, 15) is 8.42 Å². The van der Waals surface area contributed by atoms with Gasteiger partial charge in [0.1, 0.15) is 0 Å². The van der Waals surface area contributed by atoms with Crippen molar-refractivity contribution < 1.29 is 17.9 Å². The summed E-state index contributed by atoms with van der Waals surface area (Å²) >= 11 is 0. The van der Waals surface area contributed by atoms with E-state index in [0.717, 1.165) is 24.2 Å². The first-order chi connectivity index (χ1) is 12.6. The van der Waals surface area contributed by atoms with Crippen LogP contribution in [0.15, 0.2) is 29.3 Å². The highest BCUT2D eigenvalue weighted by Crippen LogP contribution is 2.17. The van der Waals surface area contributed by atoms with Crippen LogP contribution in [0.25, 0.3) is 0 Å². The minimum absolute atomic E-state index is 0.0316. The number of nitrogens with two attached hydrogens (primary N) is 1. The zero-order valence-electron chi connectivity index (χ0n) is 14.8. The van der Waals surface area contributed by atoms with Crippen molar-refractivity contribution in [3.8, 4) is 0 Å². The summed E-state index contributed by atoms with van der Waals surface area (Å²) in [4.78, 5) is 6.44. The molecule has 0 bridgehead atoms. The molecule has 1 aromatic carbocycles. The number of rotatable bonds is 5. The Morgan fingerprint density at radius 2 is 1.58 bits per heavy atom. The van der Waals surface area contributed by atoms with Gasteiger partial charge in [-0.15, -0.1) is 0 Å². The summed E-state index contributed by atoms with van der Waals surface area (Å²) in [6.45, 7) is 4.81. The van der Waals surface area contributed by atoms with E-state index in [-0.39, 0.29) is 5.75 Å². The van der Waals surface area contributed by atoms with Crippen LogP contribution in [0.4, 0.5) is 0 Å². The predicted molar refractivity (Wildman–Crippen MR) is 99.2 cm³/mol. The number of nitrogens with zero attached hydrogens (tertiary/aromatic N) is 3. The first-order valence-electron chi connectivity index (χ1n) is 8.81. The summed E-state index contributed by atoms with van der Waals surface area (Å²) in [5.74, 6) is 0.440. The summed E-state index contributed by atoms with van der Waals surface area (Å²) in [6.07, 6.45) is 0. The summed E-state index contributed by atoms with van der Waals surface area (Å²) in [5.41, 5.74) is 7.71. The molecule has 3 rings (SSSR count). The van der Waals surface area contributed by atoms with Gasteiger partial charge in [0.25, 0.3) is 0 Å². The lowest BCUT2D eigenvalue weighted by Crippen LogP contribution is -2.44. The van der Waals surface area contributed by atoms with Crippen molar-refractivity contribution >= 4 is 16.0 Å². The fraction of sp³-hybridized carbons (Fsp3) is 0.588. The third kappa shape index (κ3) is 4.94. The number of hydrogen-bond donors (Lipinski definition) is 1. The Kier molecular flexibility index (Phi) is 6.47. The maximum atomic E-state index is 12.7. The van der Waals surface area contributed by atoms with E-state index in [2.05, 4.69) is 4.99 Å². The number of aliphatic imine (C=N–C) groups is 1. The van der Waals surface area contributed by atoms with E-state index in [0.29, 0.717) is 52.0 Å². The lowest BCUT2D eigenvalue weighted by molar-refractivity contribution is 0.0674. The maximum absolute atomic E-state index is 12.7. The van der Waals surface area contributed by atoms with Gasteiger partial charge in [0.15, 0.2) is 5.96 Å².